The Morgan fingerprint density at radius 1 is 1.41 bits per heavy atom. The van der Waals surface area contributed by atoms with E-state index in [-0.39, 0.29) is 23.8 Å². The van der Waals surface area contributed by atoms with E-state index in [2.05, 4.69) is 20.3 Å². The number of amides is 1. The van der Waals surface area contributed by atoms with Crippen molar-refractivity contribution >= 4 is 11.9 Å². The maximum absolute atomic E-state index is 12.4. The highest BCUT2D eigenvalue weighted by Crippen LogP contribution is 2.13. The lowest BCUT2D eigenvalue weighted by Crippen LogP contribution is -2.38. The van der Waals surface area contributed by atoms with Gasteiger partial charge in [-0.2, -0.15) is 0 Å². The summed E-state index contributed by atoms with van der Waals surface area (Å²) in [5, 5.41) is 2.98. The largest absolute Gasteiger partial charge is 0.368 e. The quantitative estimate of drug-likeness (QED) is 0.844. The molecule has 2 heterocycles. The summed E-state index contributed by atoms with van der Waals surface area (Å²) in [6.07, 6.45) is 6.12. The molecule has 22 heavy (non-hydrogen) atoms. The van der Waals surface area contributed by atoms with E-state index in [4.69, 9.17) is 5.73 Å². The number of carbonyl (C=O) groups excluding carboxylic acids is 1. The molecule has 0 saturated carbocycles. The van der Waals surface area contributed by atoms with Gasteiger partial charge in [0.2, 0.25) is 5.95 Å². The molecule has 0 spiro atoms. The van der Waals surface area contributed by atoms with Crippen molar-refractivity contribution in [2.45, 2.75) is 45.7 Å². The zero-order chi connectivity index (χ0) is 16.1. The highest BCUT2D eigenvalue weighted by atomic mass is 16.1. The predicted octanol–water partition coefficient (Wildman–Crippen LogP) is 1.59. The second-order valence-electron chi connectivity index (χ2n) is 5.53. The number of imidazole rings is 1. The van der Waals surface area contributed by atoms with Gasteiger partial charge in [-0.1, -0.05) is 20.8 Å². The van der Waals surface area contributed by atoms with Crippen molar-refractivity contribution in [2.75, 3.05) is 5.73 Å². The minimum Gasteiger partial charge on any atom is -0.368 e. The average Bonchev–Trinajstić information content (AvgIpc) is 2.98. The summed E-state index contributed by atoms with van der Waals surface area (Å²) in [5.74, 6) is 0.0757. The number of carbonyl (C=O) groups is 1. The number of rotatable bonds is 6. The Morgan fingerprint density at radius 3 is 2.77 bits per heavy atom. The smallest absolute Gasteiger partial charge is 0.270 e. The van der Waals surface area contributed by atoms with Gasteiger partial charge in [0.25, 0.3) is 5.91 Å². The van der Waals surface area contributed by atoms with Crippen LogP contribution in [0, 0.1) is 0 Å². The fourth-order valence-electron chi connectivity index (χ4n) is 2.08. The van der Waals surface area contributed by atoms with Crippen LogP contribution in [0.1, 0.15) is 49.3 Å². The van der Waals surface area contributed by atoms with Gasteiger partial charge in [-0.15, -0.1) is 0 Å². The van der Waals surface area contributed by atoms with Gasteiger partial charge in [-0.25, -0.2) is 15.0 Å². The van der Waals surface area contributed by atoms with Gasteiger partial charge in [-0.3, -0.25) is 4.79 Å². The topological polar surface area (TPSA) is 98.7 Å². The molecule has 0 fully saturated rings. The van der Waals surface area contributed by atoms with Crippen LogP contribution in [0.3, 0.4) is 0 Å². The summed E-state index contributed by atoms with van der Waals surface area (Å²) >= 11 is 0. The standard InChI is InChI=1S/C15H22N6O/c1-4-11(8-21-6-5-17-9-21)18-14(22)13-7-12(10(2)3)19-15(16)20-13/h5-7,9-11H,4,8H2,1-3H3,(H,18,22)(H2,16,19,20)/t11-/m1/s1. The van der Waals surface area contributed by atoms with Crippen LogP contribution >= 0.6 is 0 Å². The summed E-state index contributed by atoms with van der Waals surface area (Å²) in [4.78, 5) is 24.6. The Hall–Kier alpha value is -2.44. The van der Waals surface area contributed by atoms with Crippen molar-refractivity contribution in [3.05, 3.63) is 36.2 Å². The first kappa shape index (κ1) is 15.9. The summed E-state index contributed by atoms with van der Waals surface area (Å²) in [7, 11) is 0. The highest BCUT2D eigenvalue weighted by Gasteiger charge is 2.16. The van der Waals surface area contributed by atoms with Crippen molar-refractivity contribution in [3.8, 4) is 0 Å². The van der Waals surface area contributed by atoms with E-state index >= 15 is 0 Å². The van der Waals surface area contributed by atoms with E-state index in [0.29, 0.717) is 12.2 Å². The molecule has 0 aromatic carbocycles. The number of nitrogens with zero attached hydrogens (tertiary/aromatic N) is 4. The molecule has 2 aromatic rings. The summed E-state index contributed by atoms with van der Waals surface area (Å²) in [5.41, 5.74) is 6.76. The van der Waals surface area contributed by atoms with Crippen molar-refractivity contribution in [3.63, 3.8) is 0 Å². The molecule has 2 rings (SSSR count). The van der Waals surface area contributed by atoms with Crippen LogP contribution in [0.15, 0.2) is 24.8 Å². The fraction of sp³-hybridized carbons (Fsp3) is 0.467. The third-order valence-electron chi connectivity index (χ3n) is 3.41. The van der Waals surface area contributed by atoms with Crippen LogP contribution in [0.2, 0.25) is 0 Å². The number of anilines is 1. The molecule has 0 aliphatic rings. The molecule has 0 saturated heterocycles. The molecule has 1 amide bonds. The van der Waals surface area contributed by atoms with E-state index in [1.54, 1.807) is 18.6 Å². The van der Waals surface area contributed by atoms with Crippen LogP contribution in [-0.4, -0.2) is 31.5 Å². The molecule has 0 aliphatic carbocycles. The van der Waals surface area contributed by atoms with E-state index in [0.717, 1.165) is 12.1 Å². The maximum atomic E-state index is 12.4. The molecule has 0 aliphatic heterocycles. The van der Waals surface area contributed by atoms with Crippen LogP contribution in [0.25, 0.3) is 0 Å². The monoisotopic (exact) mass is 302 g/mol. The summed E-state index contributed by atoms with van der Waals surface area (Å²) < 4.78 is 1.93. The molecule has 2 aromatic heterocycles. The lowest BCUT2D eigenvalue weighted by molar-refractivity contribution is 0.0926. The predicted molar refractivity (Wildman–Crippen MR) is 84.3 cm³/mol. The molecule has 118 valence electrons. The second-order valence-corrected chi connectivity index (χ2v) is 5.53. The summed E-state index contributed by atoms with van der Waals surface area (Å²) in [6, 6.07) is 1.70. The van der Waals surface area contributed by atoms with Gasteiger partial charge in [0, 0.05) is 30.7 Å². The van der Waals surface area contributed by atoms with Gasteiger partial charge in [0.05, 0.1) is 6.33 Å². The summed E-state index contributed by atoms with van der Waals surface area (Å²) in [6.45, 7) is 6.68. The molecule has 7 nitrogen and oxygen atoms in total. The average molecular weight is 302 g/mol. The third kappa shape index (κ3) is 4.03. The zero-order valence-corrected chi connectivity index (χ0v) is 13.2. The van der Waals surface area contributed by atoms with E-state index < -0.39 is 0 Å². The van der Waals surface area contributed by atoms with Crippen molar-refractivity contribution in [1.29, 1.82) is 0 Å². The van der Waals surface area contributed by atoms with Gasteiger partial charge < -0.3 is 15.6 Å². The Labute approximate surface area is 130 Å². The zero-order valence-electron chi connectivity index (χ0n) is 13.2. The van der Waals surface area contributed by atoms with E-state index in [9.17, 15) is 4.79 Å². The molecule has 0 bridgehead atoms. The molecular formula is C15H22N6O. The van der Waals surface area contributed by atoms with Crippen LogP contribution in [0.4, 0.5) is 5.95 Å². The van der Waals surface area contributed by atoms with E-state index in [1.807, 2.05) is 31.5 Å². The van der Waals surface area contributed by atoms with Gasteiger partial charge in [-0.05, 0) is 18.4 Å². The Kier molecular flexibility index (Phi) is 5.08. The molecule has 7 heteroatoms. The number of nitrogens with two attached hydrogens (primary N) is 1. The van der Waals surface area contributed by atoms with Gasteiger partial charge in [0.1, 0.15) is 5.69 Å². The van der Waals surface area contributed by atoms with Gasteiger partial charge >= 0.3 is 0 Å². The van der Waals surface area contributed by atoms with Crippen molar-refractivity contribution in [1.82, 2.24) is 24.8 Å². The third-order valence-corrected chi connectivity index (χ3v) is 3.41. The maximum Gasteiger partial charge on any atom is 0.270 e. The van der Waals surface area contributed by atoms with Crippen molar-refractivity contribution < 1.29 is 4.79 Å². The molecule has 3 N–H and O–H groups in total. The minimum atomic E-state index is -0.233. The number of aromatic nitrogens is 4. The first-order valence-corrected chi connectivity index (χ1v) is 7.40. The Bertz CT molecular complexity index is 623. The number of hydrogen-bond donors (Lipinski definition) is 2. The first-order valence-electron chi connectivity index (χ1n) is 7.40. The molecule has 0 radical (unpaired) electrons. The SMILES string of the molecule is CC[C@H](Cn1ccnc1)NC(=O)c1cc(C(C)C)nc(N)n1. The van der Waals surface area contributed by atoms with Crippen molar-refractivity contribution in [2.24, 2.45) is 0 Å². The molecular weight excluding hydrogens is 280 g/mol. The highest BCUT2D eigenvalue weighted by molar-refractivity contribution is 5.92. The first-order chi connectivity index (χ1) is 10.5. The normalized spacial score (nSPS) is 12.4. The fourth-order valence-corrected chi connectivity index (χ4v) is 2.08. The molecule has 1 atom stereocenters. The van der Waals surface area contributed by atoms with E-state index in [1.165, 1.54) is 0 Å². The number of hydrogen-bond acceptors (Lipinski definition) is 5. The Balaban J connectivity index is 2.10. The van der Waals surface area contributed by atoms with Gasteiger partial charge in [0.15, 0.2) is 0 Å². The lowest BCUT2D eigenvalue weighted by atomic mass is 10.1. The lowest BCUT2D eigenvalue weighted by Gasteiger charge is -2.17. The number of nitrogen functional groups attached to an aromatic ring is 1. The Morgan fingerprint density at radius 2 is 2.18 bits per heavy atom. The van der Waals surface area contributed by atoms with Crippen LogP contribution < -0.4 is 11.1 Å². The van der Waals surface area contributed by atoms with Crippen LogP contribution in [-0.2, 0) is 6.54 Å². The van der Waals surface area contributed by atoms with Crippen LogP contribution in [0.5, 0.6) is 0 Å². The minimum absolute atomic E-state index is 0.000361. The second kappa shape index (κ2) is 7.02. The molecule has 0 unspecified atom stereocenters. The number of nitrogens with one attached hydrogen (secondary N) is 1.